The van der Waals surface area contributed by atoms with Crippen LogP contribution in [0, 0.1) is 0 Å². The van der Waals surface area contributed by atoms with Crippen molar-refractivity contribution in [2.24, 2.45) is 0 Å². The van der Waals surface area contributed by atoms with Gasteiger partial charge in [-0.3, -0.25) is 4.79 Å². The van der Waals surface area contributed by atoms with Gasteiger partial charge in [0, 0.05) is 29.1 Å². The van der Waals surface area contributed by atoms with Crippen LogP contribution in [-0.4, -0.2) is 23.2 Å². The van der Waals surface area contributed by atoms with Crippen molar-refractivity contribution in [3.8, 4) is 0 Å². The van der Waals surface area contributed by atoms with E-state index >= 15 is 0 Å². The van der Waals surface area contributed by atoms with Crippen molar-refractivity contribution in [1.82, 2.24) is 5.32 Å². The third kappa shape index (κ3) is 3.96. The van der Waals surface area contributed by atoms with Gasteiger partial charge in [0.25, 0.3) is 5.91 Å². The predicted molar refractivity (Wildman–Crippen MR) is 68.5 cm³/mol. The summed E-state index contributed by atoms with van der Waals surface area (Å²) in [6, 6.07) is 4.73. The lowest BCUT2D eigenvalue weighted by Gasteiger charge is -2.25. The van der Waals surface area contributed by atoms with Gasteiger partial charge in [0.15, 0.2) is 0 Å². The van der Waals surface area contributed by atoms with E-state index in [-0.39, 0.29) is 12.5 Å². The predicted octanol–water partition coefficient (Wildman–Crippen LogP) is 0.742. The minimum atomic E-state index is -0.467. The summed E-state index contributed by atoms with van der Waals surface area (Å²) in [6.07, 6.45) is 0.483. The van der Waals surface area contributed by atoms with E-state index in [1.54, 1.807) is 18.2 Å². The van der Waals surface area contributed by atoms with Crippen molar-refractivity contribution in [2.45, 2.75) is 25.8 Å². The van der Waals surface area contributed by atoms with E-state index in [0.717, 1.165) is 0 Å². The van der Waals surface area contributed by atoms with Gasteiger partial charge in [-0.25, -0.2) is 0 Å². The summed E-state index contributed by atoms with van der Waals surface area (Å²) < 4.78 is 0. The number of nitrogens with two attached hydrogens (primary N) is 2. The number of carbonyl (C=O) groups excluding carboxylic acids is 1. The van der Waals surface area contributed by atoms with E-state index in [9.17, 15) is 4.79 Å². The molecule has 0 radical (unpaired) electrons. The Hall–Kier alpha value is -1.75. The number of anilines is 2. The molecule has 1 rings (SSSR count). The summed E-state index contributed by atoms with van der Waals surface area (Å²) >= 11 is 0. The van der Waals surface area contributed by atoms with Gasteiger partial charge in [-0.05, 0) is 38.5 Å². The lowest BCUT2D eigenvalue weighted by molar-refractivity contribution is 0.0899. The number of aliphatic hydroxyl groups excluding tert-OH is 1. The summed E-state index contributed by atoms with van der Waals surface area (Å²) in [6.45, 7) is 3.71. The van der Waals surface area contributed by atoms with Gasteiger partial charge in [-0.2, -0.15) is 0 Å². The summed E-state index contributed by atoms with van der Waals surface area (Å²) in [5, 5.41) is 11.7. The lowest BCUT2D eigenvalue weighted by Crippen LogP contribution is -2.44. The Morgan fingerprint density at radius 3 is 2.29 bits per heavy atom. The third-order valence-electron chi connectivity index (χ3n) is 2.43. The molecule has 0 aliphatic carbocycles. The Labute approximate surface area is 101 Å². The van der Waals surface area contributed by atoms with Crippen LogP contribution in [-0.2, 0) is 0 Å². The van der Waals surface area contributed by atoms with Crippen molar-refractivity contribution in [1.29, 1.82) is 0 Å². The molecular weight excluding hydrogens is 218 g/mol. The molecule has 5 nitrogen and oxygen atoms in total. The zero-order valence-corrected chi connectivity index (χ0v) is 10.2. The van der Waals surface area contributed by atoms with Gasteiger partial charge in [0.05, 0.1) is 0 Å². The molecule has 0 unspecified atom stereocenters. The molecule has 1 amide bonds. The smallest absolute Gasteiger partial charge is 0.251 e. The molecule has 17 heavy (non-hydrogen) atoms. The first-order valence-corrected chi connectivity index (χ1v) is 5.43. The second kappa shape index (κ2) is 5.05. The van der Waals surface area contributed by atoms with Crippen LogP contribution < -0.4 is 16.8 Å². The minimum absolute atomic E-state index is 0.0202. The second-order valence-corrected chi connectivity index (χ2v) is 4.70. The Morgan fingerprint density at radius 1 is 1.29 bits per heavy atom. The molecule has 0 aliphatic heterocycles. The highest BCUT2D eigenvalue weighted by molar-refractivity contribution is 5.96. The quantitative estimate of drug-likeness (QED) is 0.580. The molecular formula is C12H19N3O2. The first-order chi connectivity index (χ1) is 7.84. The molecule has 0 aliphatic rings. The van der Waals surface area contributed by atoms with Gasteiger partial charge in [0.1, 0.15) is 0 Å². The SMILES string of the molecule is CC(C)(CCO)NC(=O)c1cc(N)cc(N)c1. The van der Waals surface area contributed by atoms with Crippen molar-refractivity contribution < 1.29 is 9.90 Å². The van der Waals surface area contributed by atoms with E-state index in [1.165, 1.54) is 0 Å². The maximum Gasteiger partial charge on any atom is 0.251 e. The summed E-state index contributed by atoms with van der Waals surface area (Å²) in [4.78, 5) is 11.9. The van der Waals surface area contributed by atoms with Crippen LogP contribution in [0.1, 0.15) is 30.6 Å². The van der Waals surface area contributed by atoms with Crippen LogP contribution in [0.3, 0.4) is 0 Å². The van der Waals surface area contributed by atoms with Gasteiger partial charge >= 0.3 is 0 Å². The fourth-order valence-corrected chi connectivity index (χ4v) is 1.53. The van der Waals surface area contributed by atoms with Gasteiger partial charge in [-0.15, -0.1) is 0 Å². The number of hydrogen-bond donors (Lipinski definition) is 4. The molecule has 0 saturated heterocycles. The van der Waals surface area contributed by atoms with Crippen molar-refractivity contribution in [3.05, 3.63) is 23.8 Å². The molecule has 0 heterocycles. The van der Waals surface area contributed by atoms with Crippen molar-refractivity contribution in [3.63, 3.8) is 0 Å². The molecule has 0 aromatic heterocycles. The van der Waals surface area contributed by atoms with Crippen LogP contribution in [0.4, 0.5) is 11.4 Å². The largest absolute Gasteiger partial charge is 0.399 e. The van der Waals surface area contributed by atoms with E-state index in [1.807, 2.05) is 13.8 Å². The number of rotatable bonds is 4. The first-order valence-electron chi connectivity index (χ1n) is 5.43. The summed E-state index contributed by atoms with van der Waals surface area (Å²) in [7, 11) is 0. The molecule has 5 heteroatoms. The number of nitrogens with one attached hydrogen (secondary N) is 1. The number of aliphatic hydroxyl groups is 1. The average molecular weight is 237 g/mol. The zero-order chi connectivity index (χ0) is 13.1. The lowest BCUT2D eigenvalue weighted by atomic mass is 10.0. The molecule has 0 atom stereocenters. The summed E-state index contributed by atoms with van der Waals surface area (Å²) in [5.74, 6) is -0.248. The zero-order valence-electron chi connectivity index (χ0n) is 10.2. The van der Waals surface area contributed by atoms with Crippen LogP contribution in [0.15, 0.2) is 18.2 Å². The highest BCUT2D eigenvalue weighted by Crippen LogP contribution is 2.15. The molecule has 6 N–H and O–H groups in total. The number of carbonyl (C=O) groups is 1. The third-order valence-corrected chi connectivity index (χ3v) is 2.43. The maximum atomic E-state index is 11.9. The first kappa shape index (κ1) is 13.3. The standard InChI is InChI=1S/C12H19N3O2/c1-12(2,3-4-16)15-11(17)8-5-9(13)7-10(14)6-8/h5-7,16H,3-4,13-14H2,1-2H3,(H,15,17). The maximum absolute atomic E-state index is 11.9. The highest BCUT2D eigenvalue weighted by atomic mass is 16.3. The van der Waals surface area contributed by atoms with Gasteiger partial charge in [-0.1, -0.05) is 0 Å². The Morgan fingerprint density at radius 2 is 1.82 bits per heavy atom. The molecule has 0 saturated carbocycles. The number of amides is 1. The van der Waals surface area contributed by atoms with Crippen molar-refractivity contribution in [2.75, 3.05) is 18.1 Å². The van der Waals surface area contributed by atoms with E-state index in [2.05, 4.69) is 5.32 Å². The second-order valence-electron chi connectivity index (χ2n) is 4.70. The molecule has 0 bridgehead atoms. The van der Waals surface area contributed by atoms with Gasteiger partial charge < -0.3 is 21.9 Å². The molecule has 1 aromatic rings. The topological polar surface area (TPSA) is 101 Å². The average Bonchev–Trinajstić information content (AvgIpc) is 2.14. The fourth-order valence-electron chi connectivity index (χ4n) is 1.53. The molecule has 0 spiro atoms. The highest BCUT2D eigenvalue weighted by Gasteiger charge is 2.20. The molecule has 94 valence electrons. The summed E-state index contributed by atoms with van der Waals surface area (Å²) in [5.41, 5.74) is 12.1. The van der Waals surface area contributed by atoms with Crippen LogP contribution >= 0.6 is 0 Å². The van der Waals surface area contributed by atoms with E-state index in [0.29, 0.717) is 23.4 Å². The van der Waals surface area contributed by atoms with Crippen LogP contribution in [0.25, 0.3) is 0 Å². The van der Waals surface area contributed by atoms with Gasteiger partial charge in [0.2, 0.25) is 0 Å². The number of hydrogen-bond acceptors (Lipinski definition) is 4. The Kier molecular flexibility index (Phi) is 3.96. The van der Waals surface area contributed by atoms with Crippen molar-refractivity contribution >= 4 is 17.3 Å². The normalized spacial score (nSPS) is 11.2. The van der Waals surface area contributed by atoms with Crippen LogP contribution in [0.2, 0.25) is 0 Å². The number of benzene rings is 1. The van der Waals surface area contributed by atoms with Crippen LogP contribution in [0.5, 0.6) is 0 Å². The number of nitrogen functional groups attached to an aromatic ring is 2. The van der Waals surface area contributed by atoms with E-state index in [4.69, 9.17) is 16.6 Å². The Bertz CT molecular complexity index is 396. The Balaban J connectivity index is 2.83. The minimum Gasteiger partial charge on any atom is -0.399 e. The van der Waals surface area contributed by atoms with E-state index < -0.39 is 5.54 Å². The molecule has 1 aromatic carbocycles. The molecule has 0 fully saturated rings. The fraction of sp³-hybridized carbons (Fsp3) is 0.417. The monoisotopic (exact) mass is 237 g/mol.